The first-order valence-electron chi connectivity index (χ1n) is 11.8. The van der Waals surface area contributed by atoms with Crippen molar-refractivity contribution in [3.63, 3.8) is 0 Å². The summed E-state index contributed by atoms with van der Waals surface area (Å²) in [6.45, 7) is 0.278. The van der Waals surface area contributed by atoms with Crippen molar-refractivity contribution in [2.75, 3.05) is 62.5 Å². The van der Waals surface area contributed by atoms with E-state index in [2.05, 4.69) is 36.1 Å². The van der Waals surface area contributed by atoms with Gasteiger partial charge in [-0.2, -0.15) is 10.1 Å². The molecule has 3 aromatic rings. The van der Waals surface area contributed by atoms with Crippen LogP contribution in [0, 0.1) is 11.3 Å². The quantitative estimate of drug-likeness (QED) is 0.248. The molecule has 15 heteroatoms. The van der Waals surface area contributed by atoms with Gasteiger partial charge in [-0.1, -0.05) is 0 Å². The van der Waals surface area contributed by atoms with Gasteiger partial charge in [0.25, 0.3) is 5.92 Å². The van der Waals surface area contributed by atoms with Crippen molar-refractivity contribution < 1.29 is 22.3 Å². The summed E-state index contributed by atoms with van der Waals surface area (Å²) in [7, 11) is 1.57. The second-order valence-electron chi connectivity index (χ2n) is 8.88. The van der Waals surface area contributed by atoms with E-state index in [-0.39, 0.29) is 59.1 Å². The number of hydrogen-bond acceptors (Lipinski definition) is 10. The van der Waals surface area contributed by atoms with Gasteiger partial charge in [0.15, 0.2) is 17.5 Å². The Labute approximate surface area is 209 Å². The Morgan fingerprint density at radius 3 is 2.70 bits per heavy atom. The highest BCUT2D eigenvalue weighted by Gasteiger charge is 2.47. The first kappa shape index (κ1) is 25.1. The van der Waals surface area contributed by atoms with Gasteiger partial charge in [-0.3, -0.25) is 4.90 Å². The van der Waals surface area contributed by atoms with Crippen molar-refractivity contribution in [3.05, 3.63) is 24.1 Å². The lowest BCUT2D eigenvalue weighted by Gasteiger charge is -2.44. The van der Waals surface area contributed by atoms with E-state index in [4.69, 9.17) is 10.3 Å². The van der Waals surface area contributed by atoms with Gasteiger partial charge in [-0.25, -0.2) is 32.6 Å². The number of ether oxygens (including phenoxy) is 1. The summed E-state index contributed by atoms with van der Waals surface area (Å²) in [5.41, 5.74) is 7.90. The average molecular weight is 523 g/mol. The van der Waals surface area contributed by atoms with Crippen molar-refractivity contribution >= 4 is 28.8 Å². The van der Waals surface area contributed by atoms with Gasteiger partial charge in [0, 0.05) is 20.1 Å². The number of fused-ring (bicyclic) bond motifs is 1. The maximum absolute atomic E-state index is 15.2. The highest BCUT2D eigenvalue weighted by Crippen LogP contribution is 2.36. The third-order valence-corrected chi connectivity index (χ3v) is 6.53. The predicted octanol–water partition coefficient (Wildman–Crippen LogP) is 3.54. The lowest BCUT2D eigenvalue weighted by molar-refractivity contribution is -0.131. The predicted molar refractivity (Wildman–Crippen MR) is 128 cm³/mol. The smallest absolute Gasteiger partial charge is 0.280 e. The van der Waals surface area contributed by atoms with Crippen LogP contribution in [0.25, 0.3) is 16.8 Å². The molecule has 11 nitrogen and oxygen atoms in total. The third-order valence-electron chi connectivity index (χ3n) is 6.53. The molecular weight excluding hydrogens is 496 g/mol. The molecule has 5 heterocycles. The number of anilines is 3. The lowest BCUT2D eigenvalue weighted by Crippen LogP contribution is -2.61. The van der Waals surface area contributed by atoms with Crippen LogP contribution in [0.15, 0.2) is 23.4 Å². The zero-order chi connectivity index (χ0) is 26.2. The molecule has 0 amide bonds. The Kier molecular flexibility index (Phi) is 6.81. The largest absolute Gasteiger partial charge is 0.378 e. The van der Waals surface area contributed by atoms with Crippen LogP contribution in [0.1, 0.15) is 6.42 Å². The third kappa shape index (κ3) is 4.75. The number of rotatable bonds is 9. The topological polar surface area (TPSA) is 128 Å². The van der Waals surface area contributed by atoms with Crippen LogP contribution >= 0.6 is 0 Å². The highest BCUT2D eigenvalue weighted by atomic mass is 19.3. The molecule has 0 radical (unpaired) electrons. The SMILES string of the molecule is CNc1nc(N[C@@H]2CCN(C3COC3)CC2(F)F)nn2cc(F)c(-c3ccc(N=N)c(NCCF)n3)c12. The molecule has 37 heavy (non-hydrogen) atoms. The van der Waals surface area contributed by atoms with E-state index in [0.717, 1.165) is 6.20 Å². The van der Waals surface area contributed by atoms with Crippen LogP contribution in [-0.2, 0) is 4.74 Å². The number of aromatic nitrogens is 4. The van der Waals surface area contributed by atoms with Crippen LogP contribution in [-0.4, -0.2) is 89.1 Å². The van der Waals surface area contributed by atoms with Crippen molar-refractivity contribution in [2.45, 2.75) is 24.4 Å². The van der Waals surface area contributed by atoms with Crippen molar-refractivity contribution in [2.24, 2.45) is 5.11 Å². The number of nitrogens with one attached hydrogen (secondary N) is 4. The van der Waals surface area contributed by atoms with Crippen LogP contribution in [0.5, 0.6) is 0 Å². The summed E-state index contributed by atoms with van der Waals surface area (Å²) in [5, 5.41) is 15.9. The fourth-order valence-electron chi connectivity index (χ4n) is 4.55. The molecule has 1 atom stereocenters. The van der Waals surface area contributed by atoms with Gasteiger partial charge in [-0.15, -0.1) is 5.10 Å². The summed E-state index contributed by atoms with van der Waals surface area (Å²) in [4.78, 5) is 10.4. The molecule has 2 fully saturated rings. The molecule has 2 aliphatic heterocycles. The van der Waals surface area contributed by atoms with Crippen LogP contribution in [0.4, 0.5) is 40.8 Å². The number of likely N-dealkylation sites (tertiary alicyclic amines) is 1. The first-order chi connectivity index (χ1) is 17.8. The van der Waals surface area contributed by atoms with Gasteiger partial charge in [0.2, 0.25) is 5.95 Å². The van der Waals surface area contributed by atoms with Gasteiger partial charge < -0.3 is 20.7 Å². The number of piperidine rings is 1. The molecule has 0 aromatic carbocycles. The number of nitrogens with zero attached hydrogens (tertiary/aromatic N) is 6. The molecule has 0 unspecified atom stereocenters. The van der Waals surface area contributed by atoms with E-state index in [1.165, 1.54) is 16.6 Å². The Morgan fingerprint density at radius 1 is 1.24 bits per heavy atom. The molecule has 4 N–H and O–H groups in total. The molecule has 198 valence electrons. The van der Waals surface area contributed by atoms with Crippen LogP contribution < -0.4 is 16.0 Å². The molecule has 5 rings (SSSR count). The van der Waals surface area contributed by atoms with Gasteiger partial charge in [0.05, 0.1) is 49.3 Å². The minimum Gasteiger partial charge on any atom is -0.378 e. The standard InChI is InChI=1S/C22H26F4N10O/c1-28-20-18-17(14-2-3-15(33-27)19(30-14)29-6-5-23)13(24)8-36(18)34-21(32-20)31-16-4-7-35(11-22(16,25)26)12-9-37-10-12/h2-3,8,12,16,27H,4-7,9-11H2,1H3,(H,29,30)(H2,28,31,32,34)/t16-/m1/s1. The highest BCUT2D eigenvalue weighted by molar-refractivity contribution is 5.88. The summed E-state index contributed by atoms with van der Waals surface area (Å²) >= 11 is 0. The van der Waals surface area contributed by atoms with Crippen LogP contribution in [0.3, 0.4) is 0 Å². The van der Waals surface area contributed by atoms with Gasteiger partial charge in [0.1, 0.15) is 17.9 Å². The van der Waals surface area contributed by atoms with Crippen molar-refractivity contribution in [1.82, 2.24) is 24.5 Å². The second-order valence-corrected chi connectivity index (χ2v) is 8.88. The normalized spacial score (nSPS) is 20.0. The van der Waals surface area contributed by atoms with E-state index in [1.807, 2.05) is 0 Å². The summed E-state index contributed by atoms with van der Waals surface area (Å²) < 4.78 is 64.1. The summed E-state index contributed by atoms with van der Waals surface area (Å²) in [5.74, 6) is -3.47. The molecule has 0 spiro atoms. The van der Waals surface area contributed by atoms with E-state index in [0.29, 0.717) is 19.8 Å². The first-order valence-corrected chi connectivity index (χ1v) is 11.8. The van der Waals surface area contributed by atoms with Gasteiger partial charge >= 0.3 is 0 Å². The van der Waals surface area contributed by atoms with E-state index in [9.17, 15) is 13.2 Å². The monoisotopic (exact) mass is 522 g/mol. The molecule has 0 saturated carbocycles. The van der Waals surface area contributed by atoms with Gasteiger partial charge in [-0.05, 0) is 18.6 Å². The number of halogens is 4. The fraction of sp³-hybridized carbons (Fsp3) is 0.500. The van der Waals surface area contributed by atoms with Crippen molar-refractivity contribution in [3.8, 4) is 11.3 Å². The molecule has 2 aliphatic rings. The van der Waals surface area contributed by atoms with E-state index in [1.54, 1.807) is 11.9 Å². The molecule has 2 saturated heterocycles. The van der Waals surface area contributed by atoms with Crippen LogP contribution in [0.2, 0.25) is 0 Å². The Bertz CT molecular complexity index is 1300. The summed E-state index contributed by atoms with van der Waals surface area (Å²) in [6, 6.07) is 1.75. The number of hydrogen-bond donors (Lipinski definition) is 4. The van der Waals surface area contributed by atoms with E-state index < -0.39 is 31.0 Å². The minimum absolute atomic E-state index is 0.0155. The average Bonchev–Trinajstić information content (AvgIpc) is 3.17. The fourth-order valence-corrected chi connectivity index (χ4v) is 4.55. The molecule has 0 aliphatic carbocycles. The Balaban J connectivity index is 1.46. The maximum atomic E-state index is 15.2. The summed E-state index contributed by atoms with van der Waals surface area (Å²) in [6.07, 6.45) is 1.28. The molecule has 3 aromatic heterocycles. The minimum atomic E-state index is -3.03. The van der Waals surface area contributed by atoms with Crippen molar-refractivity contribution in [1.29, 1.82) is 5.53 Å². The zero-order valence-electron chi connectivity index (χ0n) is 19.9. The Hall–Kier alpha value is -3.59. The molecular formula is C22H26F4N10O. The Morgan fingerprint density at radius 2 is 2.05 bits per heavy atom. The second kappa shape index (κ2) is 10.0. The van der Waals surface area contributed by atoms with E-state index >= 15 is 4.39 Å². The lowest BCUT2D eigenvalue weighted by atomic mass is 9.98. The maximum Gasteiger partial charge on any atom is 0.280 e. The molecule has 0 bridgehead atoms. The number of pyridine rings is 1. The number of alkyl halides is 3. The zero-order valence-corrected chi connectivity index (χ0v) is 19.9.